The Bertz CT molecular complexity index is 1320. The van der Waals surface area contributed by atoms with Crippen LogP contribution >= 0.6 is 11.6 Å². The maximum Gasteiger partial charge on any atom is 0.420 e. The molecule has 1 fully saturated rings. The van der Waals surface area contributed by atoms with Gasteiger partial charge in [-0.25, -0.2) is 4.98 Å². The lowest BCUT2D eigenvalue weighted by Crippen LogP contribution is -2.19. The van der Waals surface area contributed by atoms with Crippen LogP contribution < -0.4 is 5.32 Å². The topological polar surface area (TPSA) is 90.5 Å². The normalized spacial score (nSPS) is 13.8. The molecule has 4 aromatic rings. The van der Waals surface area contributed by atoms with Crippen LogP contribution in [0.5, 0.6) is 0 Å². The molecule has 0 bridgehead atoms. The molecule has 3 aromatic heterocycles. The number of nitrogens with zero attached hydrogens (tertiary/aromatic N) is 6. The Labute approximate surface area is 190 Å². The molecule has 12 heteroatoms. The van der Waals surface area contributed by atoms with Gasteiger partial charge in [-0.3, -0.25) is 9.48 Å². The van der Waals surface area contributed by atoms with Crippen LogP contribution in [0.25, 0.3) is 17.1 Å². The van der Waals surface area contributed by atoms with Crippen LogP contribution in [-0.4, -0.2) is 35.7 Å². The molecular weight excluding hydrogens is 459 g/mol. The summed E-state index contributed by atoms with van der Waals surface area (Å²) < 4.78 is 43.9. The lowest BCUT2D eigenvalue weighted by molar-refractivity contribution is -0.137. The number of benzene rings is 1. The summed E-state index contributed by atoms with van der Waals surface area (Å²) in [7, 11) is 0. The van der Waals surface area contributed by atoms with E-state index in [1.165, 1.54) is 34.1 Å². The number of pyridine rings is 1. The van der Waals surface area contributed by atoms with Crippen LogP contribution in [-0.2, 0) is 6.18 Å². The number of rotatable bonds is 5. The monoisotopic (exact) mass is 473 g/mol. The highest BCUT2D eigenvalue weighted by Crippen LogP contribution is 2.45. The average Bonchev–Trinajstić information content (AvgIpc) is 3.31. The number of aromatic nitrogens is 6. The zero-order valence-electron chi connectivity index (χ0n) is 16.8. The third kappa shape index (κ3) is 4.07. The first-order valence-corrected chi connectivity index (χ1v) is 10.3. The lowest BCUT2D eigenvalue weighted by Gasteiger charge is -2.12. The van der Waals surface area contributed by atoms with Gasteiger partial charge in [-0.05, 0) is 18.9 Å². The molecule has 0 aliphatic heterocycles. The second-order valence-electron chi connectivity index (χ2n) is 7.41. The Kier molecular flexibility index (Phi) is 5.12. The number of amides is 1. The van der Waals surface area contributed by atoms with Crippen molar-refractivity contribution in [3.8, 4) is 17.1 Å². The van der Waals surface area contributed by atoms with Crippen molar-refractivity contribution in [2.75, 3.05) is 5.32 Å². The summed E-state index contributed by atoms with van der Waals surface area (Å²) in [5.74, 6) is -0.804. The zero-order chi connectivity index (χ0) is 23.2. The summed E-state index contributed by atoms with van der Waals surface area (Å²) in [5, 5.41) is 14.5. The standard InChI is InChI=1S/C21H15ClF3N7O/c22-15-10-13(11-26-19(15)32-27-8-9-28-32)29-20(33)17-16(21(23,24)25)18(12-4-2-1-3-5-12)31(30-17)14-6-7-14/h1-5,8-11,14H,6-7H2,(H,29,33). The number of nitrogens with one attached hydrogen (secondary N) is 1. The van der Waals surface area contributed by atoms with Crippen molar-refractivity contribution >= 4 is 23.2 Å². The van der Waals surface area contributed by atoms with Gasteiger partial charge < -0.3 is 5.32 Å². The Hall–Kier alpha value is -3.73. The second-order valence-corrected chi connectivity index (χ2v) is 7.82. The van der Waals surface area contributed by atoms with Gasteiger partial charge in [-0.1, -0.05) is 41.9 Å². The molecular formula is C21H15ClF3N7O. The summed E-state index contributed by atoms with van der Waals surface area (Å²) >= 11 is 6.20. The minimum atomic E-state index is -4.80. The molecule has 3 heterocycles. The molecule has 1 N–H and O–H groups in total. The summed E-state index contributed by atoms with van der Waals surface area (Å²) in [6.07, 6.45) is 0.729. The van der Waals surface area contributed by atoms with Gasteiger partial charge in [0.2, 0.25) is 0 Å². The van der Waals surface area contributed by atoms with Gasteiger partial charge in [0.15, 0.2) is 11.5 Å². The van der Waals surface area contributed by atoms with E-state index in [4.69, 9.17) is 11.6 Å². The van der Waals surface area contributed by atoms with Gasteiger partial charge in [0, 0.05) is 5.56 Å². The van der Waals surface area contributed by atoms with Gasteiger partial charge in [0.25, 0.3) is 5.91 Å². The smallest absolute Gasteiger partial charge is 0.319 e. The minimum Gasteiger partial charge on any atom is -0.319 e. The molecule has 1 aromatic carbocycles. The van der Waals surface area contributed by atoms with E-state index in [1.54, 1.807) is 30.3 Å². The number of hydrogen-bond acceptors (Lipinski definition) is 5. The highest BCUT2D eigenvalue weighted by molar-refractivity contribution is 6.32. The van der Waals surface area contributed by atoms with Crippen LogP contribution in [0.4, 0.5) is 18.9 Å². The van der Waals surface area contributed by atoms with E-state index in [-0.39, 0.29) is 28.3 Å². The number of halogens is 4. The fourth-order valence-corrected chi connectivity index (χ4v) is 3.72. The Morgan fingerprint density at radius 2 is 1.82 bits per heavy atom. The molecule has 1 amide bonds. The quantitative estimate of drug-likeness (QED) is 0.450. The maximum atomic E-state index is 14.2. The van der Waals surface area contributed by atoms with E-state index < -0.39 is 23.3 Å². The van der Waals surface area contributed by atoms with Gasteiger partial charge in [0.05, 0.1) is 41.0 Å². The van der Waals surface area contributed by atoms with E-state index in [0.717, 1.165) is 0 Å². The first-order chi connectivity index (χ1) is 15.8. The first kappa shape index (κ1) is 21.1. The summed E-state index contributed by atoms with van der Waals surface area (Å²) in [4.78, 5) is 18.2. The molecule has 0 spiro atoms. The molecule has 0 saturated heterocycles. The third-order valence-electron chi connectivity index (χ3n) is 5.04. The molecule has 8 nitrogen and oxygen atoms in total. The van der Waals surface area contributed by atoms with E-state index in [0.29, 0.717) is 18.4 Å². The Balaban J connectivity index is 1.54. The zero-order valence-corrected chi connectivity index (χ0v) is 17.5. The van der Waals surface area contributed by atoms with Crippen LogP contribution in [0.15, 0.2) is 55.0 Å². The van der Waals surface area contributed by atoms with Crippen molar-refractivity contribution in [2.24, 2.45) is 0 Å². The predicted molar refractivity (Wildman–Crippen MR) is 113 cm³/mol. The van der Waals surface area contributed by atoms with Crippen molar-refractivity contribution < 1.29 is 18.0 Å². The molecule has 0 unspecified atom stereocenters. The number of anilines is 1. The summed E-state index contributed by atoms with van der Waals surface area (Å²) in [6.45, 7) is 0. The van der Waals surface area contributed by atoms with Gasteiger partial charge in [-0.15, -0.1) is 4.80 Å². The first-order valence-electron chi connectivity index (χ1n) is 9.91. The van der Waals surface area contributed by atoms with Gasteiger partial charge in [0.1, 0.15) is 5.56 Å². The van der Waals surface area contributed by atoms with E-state index in [1.807, 2.05) is 0 Å². The van der Waals surface area contributed by atoms with E-state index in [2.05, 4.69) is 25.6 Å². The molecule has 168 valence electrons. The van der Waals surface area contributed by atoms with Crippen LogP contribution in [0.2, 0.25) is 5.02 Å². The average molecular weight is 474 g/mol. The second kappa shape index (κ2) is 8.00. The van der Waals surface area contributed by atoms with E-state index >= 15 is 0 Å². The molecule has 1 saturated carbocycles. The lowest BCUT2D eigenvalue weighted by atomic mass is 10.0. The van der Waals surface area contributed by atoms with Crippen LogP contribution in [0, 0.1) is 0 Å². The molecule has 0 radical (unpaired) electrons. The van der Waals surface area contributed by atoms with Crippen molar-refractivity contribution in [3.05, 3.63) is 71.3 Å². The number of hydrogen-bond donors (Lipinski definition) is 1. The molecule has 33 heavy (non-hydrogen) atoms. The van der Waals surface area contributed by atoms with Crippen molar-refractivity contribution in [3.63, 3.8) is 0 Å². The summed E-state index contributed by atoms with van der Waals surface area (Å²) in [6, 6.07) is 9.30. The van der Waals surface area contributed by atoms with Crippen molar-refractivity contribution in [1.82, 2.24) is 29.8 Å². The highest BCUT2D eigenvalue weighted by Gasteiger charge is 2.44. The fourth-order valence-electron chi connectivity index (χ4n) is 3.48. The summed E-state index contributed by atoms with van der Waals surface area (Å²) in [5.41, 5.74) is -1.45. The molecule has 1 aliphatic rings. The number of alkyl halides is 3. The van der Waals surface area contributed by atoms with Crippen molar-refractivity contribution in [2.45, 2.75) is 25.1 Å². The Morgan fingerprint density at radius 1 is 1.12 bits per heavy atom. The SMILES string of the molecule is O=C(Nc1cnc(-n2nccn2)c(Cl)c1)c1nn(C2CC2)c(-c2ccccc2)c1C(F)(F)F. The predicted octanol–water partition coefficient (Wildman–Crippen LogP) is 4.79. The highest BCUT2D eigenvalue weighted by atomic mass is 35.5. The minimum absolute atomic E-state index is 0.105. The third-order valence-corrected chi connectivity index (χ3v) is 5.31. The van der Waals surface area contributed by atoms with E-state index in [9.17, 15) is 18.0 Å². The van der Waals surface area contributed by atoms with Crippen molar-refractivity contribution in [1.29, 1.82) is 0 Å². The number of carbonyl (C=O) groups excluding carboxylic acids is 1. The van der Waals surface area contributed by atoms with Crippen LogP contribution in [0.3, 0.4) is 0 Å². The molecule has 0 atom stereocenters. The fraction of sp³-hybridized carbons (Fsp3) is 0.190. The number of carbonyl (C=O) groups is 1. The maximum absolute atomic E-state index is 14.2. The Morgan fingerprint density at radius 3 is 2.42 bits per heavy atom. The van der Waals surface area contributed by atoms with Crippen LogP contribution in [0.1, 0.15) is 34.9 Å². The molecule has 1 aliphatic carbocycles. The van der Waals surface area contributed by atoms with Gasteiger partial charge >= 0.3 is 6.18 Å². The van der Waals surface area contributed by atoms with Gasteiger partial charge in [-0.2, -0.15) is 28.5 Å². The largest absolute Gasteiger partial charge is 0.420 e. The molecule has 5 rings (SSSR count).